The van der Waals surface area contributed by atoms with Crippen molar-refractivity contribution >= 4 is 23.6 Å². The van der Waals surface area contributed by atoms with Crippen LogP contribution in [0.4, 0.5) is 0 Å². The molecule has 5 nitrogen and oxygen atoms in total. The van der Waals surface area contributed by atoms with Crippen molar-refractivity contribution in [1.29, 1.82) is 0 Å². The van der Waals surface area contributed by atoms with Crippen molar-refractivity contribution in [2.75, 3.05) is 25.4 Å². The van der Waals surface area contributed by atoms with Crippen LogP contribution in [0.15, 0.2) is 24.3 Å². The molecule has 2 rings (SSSR count). The van der Waals surface area contributed by atoms with Gasteiger partial charge in [0.2, 0.25) is 0 Å². The van der Waals surface area contributed by atoms with E-state index in [4.69, 9.17) is 9.84 Å². The van der Waals surface area contributed by atoms with Crippen LogP contribution in [0.25, 0.3) is 0 Å². The molecule has 0 bridgehead atoms. The van der Waals surface area contributed by atoms with E-state index >= 15 is 0 Å². The molecule has 1 saturated heterocycles. The minimum atomic E-state index is -1.04. The summed E-state index contributed by atoms with van der Waals surface area (Å²) >= 11 is 1.92. The normalized spacial score (nSPS) is 18.3. The Morgan fingerprint density at radius 2 is 2.23 bits per heavy atom. The summed E-state index contributed by atoms with van der Waals surface area (Å²) in [6.07, 6.45) is 0. The molecule has 22 heavy (non-hydrogen) atoms. The Balaban J connectivity index is 2.05. The zero-order chi connectivity index (χ0) is 16.1. The van der Waals surface area contributed by atoms with E-state index in [9.17, 15) is 9.59 Å². The molecule has 1 aromatic carbocycles. The lowest BCUT2D eigenvalue weighted by molar-refractivity contribution is -0.139. The molecule has 0 aliphatic carbocycles. The largest absolute Gasteiger partial charge is 0.482 e. The minimum absolute atomic E-state index is 0.0216. The van der Waals surface area contributed by atoms with Crippen LogP contribution in [-0.2, 0) is 4.79 Å². The smallest absolute Gasteiger partial charge is 0.341 e. The minimum Gasteiger partial charge on any atom is -0.482 e. The van der Waals surface area contributed by atoms with Crippen LogP contribution in [0, 0.1) is 5.92 Å². The summed E-state index contributed by atoms with van der Waals surface area (Å²) in [5.41, 5.74) is 0.539. The molecule has 0 spiro atoms. The second kappa shape index (κ2) is 7.54. The van der Waals surface area contributed by atoms with Crippen molar-refractivity contribution in [2.45, 2.75) is 19.1 Å². The number of thioether (sulfide) groups is 1. The van der Waals surface area contributed by atoms with Gasteiger partial charge < -0.3 is 14.7 Å². The highest BCUT2D eigenvalue weighted by Crippen LogP contribution is 2.26. The van der Waals surface area contributed by atoms with Gasteiger partial charge in [-0.1, -0.05) is 19.9 Å². The highest BCUT2D eigenvalue weighted by molar-refractivity contribution is 8.00. The molecule has 1 amide bonds. The predicted octanol–water partition coefficient (Wildman–Crippen LogP) is 2.36. The number of amides is 1. The van der Waals surface area contributed by atoms with Gasteiger partial charge in [-0.2, -0.15) is 11.8 Å². The van der Waals surface area contributed by atoms with E-state index in [0.29, 0.717) is 22.5 Å². The lowest BCUT2D eigenvalue weighted by Gasteiger charge is -2.34. The summed E-state index contributed by atoms with van der Waals surface area (Å²) in [5.74, 6) is 0.825. The summed E-state index contributed by atoms with van der Waals surface area (Å²) in [5, 5.41) is 9.10. The maximum absolute atomic E-state index is 12.6. The van der Waals surface area contributed by atoms with Gasteiger partial charge in [-0.25, -0.2) is 4.79 Å². The van der Waals surface area contributed by atoms with Crippen LogP contribution in [0.1, 0.15) is 24.2 Å². The molecule has 0 aromatic heterocycles. The summed E-state index contributed by atoms with van der Waals surface area (Å²) in [6, 6.07) is 6.71. The van der Waals surface area contributed by atoms with Crippen LogP contribution in [-0.4, -0.2) is 52.6 Å². The van der Waals surface area contributed by atoms with E-state index in [1.165, 1.54) is 0 Å². The van der Waals surface area contributed by atoms with Gasteiger partial charge in [0.05, 0.1) is 0 Å². The van der Waals surface area contributed by atoms with Gasteiger partial charge in [0.1, 0.15) is 5.75 Å². The third kappa shape index (κ3) is 4.40. The van der Waals surface area contributed by atoms with Crippen LogP contribution in [0.2, 0.25) is 0 Å². The number of benzene rings is 1. The first kappa shape index (κ1) is 16.7. The number of carbonyl (C=O) groups excluding carboxylic acids is 1. The zero-order valence-electron chi connectivity index (χ0n) is 12.8. The third-order valence-corrected chi connectivity index (χ3v) is 5.11. The highest BCUT2D eigenvalue weighted by Gasteiger charge is 2.26. The van der Waals surface area contributed by atoms with E-state index in [-0.39, 0.29) is 5.91 Å². The Hall–Kier alpha value is -1.69. The van der Waals surface area contributed by atoms with Crippen molar-refractivity contribution in [3.05, 3.63) is 29.8 Å². The number of carboxylic acids is 1. The van der Waals surface area contributed by atoms with Gasteiger partial charge >= 0.3 is 5.97 Å². The fourth-order valence-corrected chi connectivity index (χ4v) is 3.61. The lowest BCUT2D eigenvalue weighted by atomic mass is 10.1. The molecule has 1 fully saturated rings. The number of hydrogen-bond donors (Lipinski definition) is 1. The molecular weight excluding hydrogens is 302 g/mol. The lowest BCUT2D eigenvalue weighted by Crippen LogP contribution is -2.43. The Morgan fingerprint density at radius 1 is 1.45 bits per heavy atom. The Bertz CT molecular complexity index is 547. The van der Waals surface area contributed by atoms with Crippen LogP contribution < -0.4 is 4.74 Å². The van der Waals surface area contributed by atoms with E-state index in [2.05, 4.69) is 13.8 Å². The fourth-order valence-electron chi connectivity index (χ4n) is 2.31. The number of ether oxygens (including phenoxy) is 1. The quantitative estimate of drug-likeness (QED) is 0.901. The SMILES string of the molecule is CC(C)C1CN(C(=O)c2cccc(OCC(=O)O)c2)CCS1. The Kier molecular flexibility index (Phi) is 5.71. The van der Waals surface area contributed by atoms with Crippen molar-refractivity contribution in [2.24, 2.45) is 5.92 Å². The topological polar surface area (TPSA) is 66.8 Å². The molecule has 6 heteroatoms. The predicted molar refractivity (Wildman–Crippen MR) is 86.6 cm³/mol. The summed E-state index contributed by atoms with van der Waals surface area (Å²) in [7, 11) is 0. The Labute approximate surface area is 134 Å². The Morgan fingerprint density at radius 3 is 2.91 bits per heavy atom. The first-order chi connectivity index (χ1) is 10.5. The van der Waals surface area contributed by atoms with Crippen molar-refractivity contribution in [3.63, 3.8) is 0 Å². The average molecular weight is 323 g/mol. The van der Waals surface area contributed by atoms with Crippen LogP contribution in [0.5, 0.6) is 5.75 Å². The fraction of sp³-hybridized carbons (Fsp3) is 0.500. The molecule has 0 radical (unpaired) electrons. The third-order valence-electron chi connectivity index (χ3n) is 3.57. The van der Waals surface area contributed by atoms with Crippen LogP contribution >= 0.6 is 11.8 Å². The maximum atomic E-state index is 12.6. The number of carbonyl (C=O) groups is 2. The summed E-state index contributed by atoms with van der Waals surface area (Å²) in [4.78, 5) is 25.0. The summed E-state index contributed by atoms with van der Waals surface area (Å²) in [6.45, 7) is 5.43. The molecule has 120 valence electrons. The van der Waals surface area contributed by atoms with Gasteiger partial charge in [-0.05, 0) is 24.1 Å². The van der Waals surface area contributed by atoms with Gasteiger partial charge in [0, 0.05) is 29.7 Å². The first-order valence-corrected chi connectivity index (χ1v) is 8.38. The van der Waals surface area contributed by atoms with Gasteiger partial charge in [-0.3, -0.25) is 4.79 Å². The second-order valence-corrected chi connectivity index (χ2v) is 6.96. The molecule has 1 aromatic rings. The van der Waals surface area contributed by atoms with Crippen molar-refractivity contribution in [3.8, 4) is 5.75 Å². The van der Waals surface area contributed by atoms with Crippen LogP contribution in [0.3, 0.4) is 0 Å². The molecule has 1 unspecified atom stereocenters. The molecule has 1 aliphatic rings. The average Bonchev–Trinajstić information content (AvgIpc) is 2.52. The summed E-state index contributed by atoms with van der Waals surface area (Å²) < 4.78 is 5.13. The number of aliphatic carboxylic acids is 1. The standard InChI is InChI=1S/C16H21NO4S/c1-11(2)14-9-17(6-7-22-14)16(20)12-4-3-5-13(8-12)21-10-15(18)19/h3-5,8,11,14H,6-7,9-10H2,1-2H3,(H,18,19). The number of hydrogen-bond acceptors (Lipinski definition) is 4. The van der Waals surface area contributed by atoms with E-state index < -0.39 is 12.6 Å². The van der Waals surface area contributed by atoms with Gasteiger partial charge in [-0.15, -0.1) is 0 Å². The molecule has 1 N–H and O–H groups in total. The molecule has 1 aliphatic heterocycles. The molecule has 0 saturated carbocycles. The molecular formula is C16H21NO4S. The monoisotopic (exact) mass is 323 g/mol. The molecule has 1 heterocycles. The number of nitrogens with zero attached hydrogens (tertiary/aromatic N) is 1. The van der Waals surface area contributed by atoms with E-state index in [1.807, 2.05) is 16.7 Å². The zero-order valence-corrected chi connectivity index (χ0v) is 13.6. The highest BCUT2D eigenvalue weighted by atomic mass is 32.2. The van der Waals surface area contributed by atoms with Gasteiger partial charge in [0.15, 0.2) is 6.61 Å². The number of carboxylic acid groups (broad SMARTS) is 1. The second-order valence-electron chi connectivity index (χ2n) is 5.61. The van der Waals surface area contributed by atoms with Crippen molar-refractivity contribution < 1.29 is 19.4 Å². The first-order valence-electron chi connectivity index (χ1n) is 7.33. The van der Waals surface area contributed by atoms with E-state index in [0.717, 1.165) is 18.8 Å². The van der Waals surface area contributed by atoms with Crippen molar-refractivity contribution in [1.82, 2.24) is 4.90 Å². The van der Waals surface area contributed by atoms with E-state index in [1.54, 1.807) is 24.3 Å². The maximum Gasteiger partial charge on any atom is 0.341 e. The molecule has 1 atom stereocenters. The van der Waals surface area contributed by atoms with Gasteiger partial charge in [0.25, 0.3) is 5.91 Å². The number of rotatable bonds is 5.